The Morgan fingerprint density at radius 2 is 2.26 bits per heavy atom. The molecule has 0 bridgehead atoms. The molecular formula is C11H14N4O2S2. The lowest BCUT2D eigenvalue weighted by Gasteiger charge is -2.26. The molecule has 2 N–H and O–H groups in total. The number of nitrogens with two attached hydrogens (primary N) is 1. The zero-order valence-electron chi connectivity index (χ0n) is 10.2. The first-order chi connectivity index (χ1) is 9.11. The first kappa shape index (κ1) is 12.8. The second-order valence-electron chi connectivity index (χ2n) is 4.35. The maximum Gasteiger partial charge on any atom is 0.253 e. The summed E-state index contributed by atoms with van der Waals surface area (Å²) in [6.45, 7) is 1.80. The number of rotatable bonds is 3. The van der Waals surface area contributed by atoms with E-state index in [1.54, 1.807) is 17.6 Å². The number of imidazole rings is 1. The van der Waals surface area contributed by atoms with Gasteiger partial charge < -0.3 is 10.3 Å². The Balaban J connectivity index is 1.89. The van der Waals surface area contributed by atoms with Gasteiger partial charge in [-0.05, 0) is 17.0 Å². The Bertz CT molecular complexity index is 689. The third kappa shape index (κ3) is 2.20. The molecule has 0 saturated heterocycles. The van der Waals surface area contributed by atoms with Crippen LogP contribution in [0.5, 0.6) is 0 Å². The molecule has 2 aromatic rings. The second-order valence-corrected chi connectivity index (χ2v) is 7.43. The number of fused-ring (bicyclic) bond motifs is 1. The van der Waals surface area contributed by atoms with Crippen LogP contribution in [0.3, 0.4) is 0 Å². The van der Waals surface area contributed by atoms with Crippen LogP contribution in [-0.2, 0) is 29.7 Å². The number of aromatic nitrogens is 2. The normalized spacial score (nSPS) is 16.5. The maximum absolute atomic E-state index is 12.5. The van der Waals surface area contributed by atoms with Crippen molar-refractivity contribution in [2.45, 2.75) is 23.8 Å². The fourth-order valence-corrected chi connectivity index (χ4v) is 4.84. The molecule has 8 heteroatoms. The third-order valence-corrected chi connectivity index (χ3v) is 6.48. The van der Waals surface area contributed by atoms with Gasteiger partial charge in [0.2, 0.25) is 0 Å². The van der Waals surface area contributed by atoms with Crippen molar-refractivity contribution in [3.05, 3.63) is 35.2 Å². The largest absolute Gasteiger partial charge is 0.333 e. The van der Waals surface area contributed by atoms with E-state index in [-0.39, 0.29) is 0 Å². The highest BCUT2D eigenvalue weighted by atomic mass is 32.2. The molecule has 1 aliphatic heterocycles. The van der Waals surface area contributed by atoms with E-state index in [0.29, 0.717) is 30.4 Å². The lowest BCUT2D eigenvalue weighted by molar-refractivity contribution is 0.336. The maximum atomic E-state index is 12.5. The Morgan fingerprint density at radius 3 is 3.00 bits per heavy atom. The van der Waals surface area contributed by atoms with Crippen LogP contribution >= 0.6 is 11.3 Å². The predicted molar refractivity (Wildman–Crippen MR) is 72.0 cm³/mol. The van der Waals surface area contributed by atoms with Crippen molar-refractivity contribution < 1.29 is 8.42 Å². The monoisotopic (exact) mass is 298 g/mol. The lowest BCUT2D eigenvalue weighted by atomic mass is 10.4. The second kappa shape index (κ2) is 4.71. The number of sulfonamides is 1. The minimum atomic E-state index is -3.43. The molecule has 0 amide bonds. The molecule has 19 heavy (non-hydrogen) atoms. The topological polar surface area (TPSA) is 81.2 Å². The zero-order chi connectivity index (χ0) is 13.5. The first-order valence-corrected chi connectivity index (χ1v) is 8.21. The molecule has 0 spiro atoms. The Kier molecular flexibility index (Phi) is 3.17. The Labute approximate surface area is 115 Å². The van der Waals surface area contributed by atoms with Gasteiger partial charge in [-0.1, -0.05) is 0 Å². The van der Waals surface area contributed by atoms with Gasteiger partial charge in [-0.3, -0.25) is 0 Å². The molecule has 102 valence electrons. The van der Waals surface area contributed by atoms with E-state index < -0.39 is 10.0 Å². The van der Waals surface area contributed by atoms with E-state index in [4.69, 9.17) is 5.73 Å². The molecule has 3 rings (SSSR count). The van der Waals surface area contributed by atoms with Gasteiger partial charge in [-0.2, -0.15) is 4.31 Å². The summed E-state index contributed by atoms with van der Waals surface area (Å²) in [6.07, 6.45) is 3.57. The van der Waals surface area contributed by atoms with Crippen LogP contribution < -0.4 is 5.73 Å². The van der Waals surface area contributed by atoms with E-state index in [9.17, 15) is 8.42 Å². The standard InChI is InChI=1S/C11H14N4O2S2/c12-6-9-5-11(18-8-9)19(16,17)15-4-3-14-2-1-13-10(14)7-15/h1-2,5,8H,3-4,6-7,12H2. The SMILES string of the molecule is NCc1csc(S(=O)(=O)N2CCn3ccnc3C2)c1. The highest BCUT2D eigenvalue weighted by Gasteiger charge is 2.29. The molecule has 0 saturated carbocycles. The minimum absolute atomic E-state index is 0.325. The van der Waals surface area contributed by atoms with E-state index in [1.165, 1.54) is 15.6 Å². The summed E-state index contributed by atoms with van der Waals surface area (Å²) >= 11 is 1.22. The molecule has 3 heterocycles. The lowest BCUT2D eigenvalue weighted by Crippen LogP contribution is -2.37. The molecule has 0 radical (unpaired) electrons. The van der Waals surface area contributed by atoms with Gasteiger partial charge in [0.25, 0.3) is 10.0 Å². The summed E-state index contributed by atoms with van der Waals surface area (Å²) in [4.78, 5) is 4.18. The number of hydrogen-bond donors (Lipinski definition) is 1. The predicted octanol–water partition coefficient (Wildman–Crippen LogP) is 0.608. The summed E-state index contributed by atoms with van der Waals surface area (Å²) in [5.41, 5.74) is 6.37. The molecule has 0 atom stereocenters. The minimum Gasteiger partial charge on any atom is -0.333 e. The van der Waals surface area contributed by atoms with Gasteiger partial charge in [0.05, 0.1) is 6.54 Å². The number of thiophene rings is 1. The van der Waals surface area contributed by atoms with E-state index in [0.717, 1.165) is 11.4 Å². The molecule has 1 aliphatic rings. The van der Waals surface area contributed by atoms with E-state index >= 15 is 0 Å². The van der Waals surface area contributed by atoms with Crippen LogP contribution in [0.1, 0.15) is 11.4 Å². The molecule has 0 fully saturated rings. The Hall–Kier alpha value is -1.22. The average molecular weight is 298 g/mol. The van der Waals surface area contributed by atoms with Crippen LogP contribution in [0.2, 0.25) is 0 Å². The van der Waals surface area contributed by atoms with Crippen molar-refractivity contribution in [3.63, 3.8) is 0 Å². The fraction of sp³-hybridized carbons (Fsp3) is 0.364. The summed E-state index contributed by atoms with van der Waals surface area (Å²) < 4.78 is 28.8. The van der Waals surface area contributed by atoms with Gasteiger partial charge in [0.1, 0.15) is 10.0 Å². The molecule has 6 nitrogen and oxygen atoms in total. The van der Waals surface area contributed by atoms with Crippen LogP contribution in [-0.4, -0.2) is 28.8 Å². The highest BCUT2D eigenvalue weighted by Crippen LogP contribution is 2.26. The summed E-state index contributed by atoms with van der Waals surface area (Å²) in [6, 6.07) is 1.65. The van der Waals surface area contributed by atoms with Gasteiger partial charge in [0.15, 0.2) is 0 Å². The van der Waals surface area contributed by atoms with Gasteiger partial charge in [-0.15, -0.1) is 11.3 Å². The fourth-order valence-electron chi connectivity index (χ4n) is 2.08. The van der Waals surface area contributed by atoms with Crippen LogP contribution in [0.25, 0.3) is 0 Å². The number of nitrogens with zero attached hydrogens (tertiary/aromatic N) is 3. The van der Waals surface area contributed by atoms with Crippen LogP contribution in [0.4, 0.5) is 0 Å². The van der Waals surface area contributed by atoms with E-state index in [1.807, 2.05) is 10.8 Å². The summed E-state index contributed by atoms with van der Waals surface area (Å²) in [7, 11) is -3.43. The van der Waals surface area contributed by atoms with Crippen molar-refractivity contribution in [2.24, 2.45) is 5.73 Å². The molecule has 2 aromatic heterocycles. The zero-order valence-corrected chi connectivity index (χ0v) is 11.8. The van der Waals surface area contributed by atoms with Crippen molar-refractivity contribution in [2.75, 3.05) is 6.54 Å². The van der Waals surface area contributed by atoms with Gasteiger partial charge >= 0.3 is 0 Å². The highest BCUT2D eigenvalue weighted by molar-refractivity contribution is 7.91. The quantitative estimate of drug-likeness (QED) is 0.900. The first-order valence-electron chi connectivity index (χ1n) is 5.89. The van der Waals surface area contributed by atoms with E-state index in [2.05, 4.69) is 4.98 Å². The third-order valence-electron chi connectivity index (χ3n) is 3.17. The smallest absolute Gasteiger partial charge is 0.253 e. The van der Waals surface area contributed by atoms with Gasteiger partial charge in [0, 0.05) is 32.0 Å². The van der Waals surface area contributed by atoms with Crippen molar-refractivity contribution in [1.29, 1.82) is 0 Å². The van der Waals surface area contributed by atoms with Crippen molar-refractivity contribution in [1.82, 2.24) is 13.9 Å². The van der Waals surface area contributed by atoms with Gasteiger partial charge in [-0.25, -0.2) is 13.4 Å². The molecule has 0 aliphatic carbocycles. The Morgan fingerprint density at radius 1 is 1.42 bits per heavy atom. The van der Waals surface area contributed by atoms with Crippen molar-refractivity contribution in [3.8, 4) is 0 Å². The summed E-state index contributed by atoms with van der Waals surface area (Å²) in [5, 5.41) is 1.79. The molecule has 0 unspecified atom stereocenters. The number of hydrogen-bond acceptors (Lipinski definition) is 5. The van der Waals surface area contributed by atoms with Crippen LogP contribution in [0.15, 0.2) is 28.0 Å². The molecule has 0 aromatic carbocycles. The summed E-state index contributed by atoms with van der Waals surface area (Å²) in [5.74, 6) is 0.783. The molecular weight excluding hydrogens is 284 g/mol. The van der Waals surface area contributed by atoms with Crippen LogP contribution in [0, 0.1) is 0 Å². The van der Waals surface area contributed by atoms with Crippen molar-refractivity contribution >= 4 is 21.4 Å². The average Bonchev–Trinajstić information content (AvgIpc) is 3.06.